The third kappa shape index (κ3) is 4.04. The molecule has 4 N–H and O–H groups in total. The van der Waals surface area contributed by atoms with E-state index in [1.54, 1.807) is 63.5 Å². The van der Waals surface area contributed by atoms with E-state index in [-0.39, 0.29) is 24.7 Å². The van der Waals surface area contributed by atoms with Gasteiger partial charge in [0, 0.05) is 17.0 Å². The number of rotatable bonds is 4. The number of primary amides is 1. The first kappa shape index (κ1) is 32.0. The van der Waals surface area contributed by atoms with Crippen LogP contribution < -0.4 is 24.7 Å². The molecule has 0 spiro atoms. The summed E-state index contributed by atoms with van der Waals surface area (Å²) in [4.78, 5) is 71.1. The highest BCUT2D eigenvalue weighted by Crippen LogP contribution is 2.60. The number of fused-ring (bicyclic) bond motifs is 5. The van der Waals surface area contributed by atoms with Gasteiger partial charge in [0.1, 0.15) is 5.75 Å². The number of hydrogen-bond donors (Lipinski definition) is 3. The Morgan fingerprint density at radius 2 is 1.58 bits per heavy atom. The number of phenolic OH excluding ortho intramolecular Hbond substituents is 1. The van der Waals surface area contributed by atoms with Crippen LogP contribution in [-0.4, -0.2) is 83.5 Å². The SMILES string of the molecule is C[C@H]1[C@H]2C(C(=O)c3c(O)c(-c4cccc5c4OCO5)cc(-c4ccc5c(c4)OCO5)c3[C@@H]2C)C(=O)[C@]2(O)C(=O)C(C(N)=O)C(=O)[C@@H](N(C)C)[C@H]12. The highest BCUT2D eigenvalue weighted by atomic mass is 16.7. The molecular formula is C37H34N2O11. The third-order valence-corrected chi connectivity index (χ3v) is 11.4. The van der Waals surface area contributed by atoms with Crippen molar-refractivity contribution in [3.8, 4) is 51.0 Å². The molecular weight excluding hydrogens is 648 g/mol. The average Bonchev–Trinajstić information content (AvgIpc) is 3.76. The normalized spacial score (nSPS) is 30.6. The molecule has 258 valence electrons. The van der Waals surface area contributed by atoms with Crippen LogP contribution in [0.2, 0.25) is 0 Å². The quantitative estimate of drug-likeness (QED) is 0.341. The molecule has 3 aromatic rings. The van der Waals surface area contributed by atoms with Crippen LogP contribution in [0.4, 0.5) is 0 Å². The fourth-order valence-corrected chi connectivity index (χ4v) is 9.29. The van der Waals surface area contributed by atoms with Gasteiger partial charge in [-0.1, -0.05) is 32.0 Å². The van der Waals surface area contributed by atoms with Crippen LogP contribution in [-0.2, 0) is 19.2 Å². The molecule has 0 saturated heterocycles. The van der Waals surface area contributed by atoms with Gasteiger partial charge in [-0.15, -0.1) is 0 Å². The topological polar surface area (TPSA) is 192 Å². The number of amides is 1. The van der Waals surface area contributed by atoms with E-state index in [1.807, 2.05) is 6.92 Å². The summed E-state index contributed by atoms with van der Waals surface area (Å²) in [5, 5.41) is 24.3. The minimum absolute atomic E-state index is 0.0366. The van der Waals surface area contributed by atoms with Crippen molar-refractivity contribution < 1.29 is 53.1 Å². The van der Waals surface area contributed by atoms with Crippen LogP contribution in [0.3, 0.4) is 0 Å². The number of ether oxygens (including phenoxy) is 4. The van der Waals surface area contributed by atoms with E-state index in [0.717, 1.165) is 0 Å². The molecule has 0 aromatic heterocycles. The number of aliphatic hydroxyl groups is 1. The third-order valence-electron chi connectivity index (χ3n) is 11.4. The number of nitrogens with zero attached hydrogens (tertiary/aromatic N) is 1. The van der Waals surface area contributed by atoms with Crippen molar-refractivity contribution in [3.05, 3.63) is 53.6 Å². The summed E-state index contributed by atoms with van der Waals surface area (Å²) in [5.74, 6) is -11.1. The molecule has 0 bridgehead atoms. The smallest absolute Gasteiger partial charge is 0.235 e. The molecule has 50 heavy (non-hydrogen) atoms. The van der Waals surface area contributed by atoms with Crippen molar-refractivity contribution >= 4 is 29.0 Å². The second kappa shape index (κ2) is 10.9. The van der Waals surface area contributed by atoms with Crippen molar-refractivity contribution in [1.29, 1.82) is 0 Å². The number of Topliss-reactive ketones (excluding diaryl/α,β-unsaturated/α-hetero) is 4. The maximum Gasteiger partial charge on any atom is 0.235 e. The molecule has 13 nitrogen and oxygen atoms in total. The van der Waals surface area contributed by atoms with Gasteiger partial charge in [0.2, 0.25) is 19.5 Å². The van der Waals surface area contributed by atoms with Gasteiger partial charge in [-0.3, -0.25) is 28.9 Å². The number of nitrogens with two attached hydrogens (primary N) is 1. The summed E-state index contributed by atoms with van der Waals surface area (Å²) in [7, 11) is 3.11. The molecule has 8 atom stereocenters. The highest BCUT2D eigenvalue weighted by molar-refractivity contribution is 6.32. The Labute approximate surface area is 285 Å². The molecule has 2 fully saturated rings. The van der Waals surface area contributed by atoms with Gasteiger partial charge >= 0.3 is 0 Å². The van der Waals surface area contributed by atoms with Crippen molar-refractivity contribution in [2.24, 2.45) is 35.3 Å². The van der Waals surface area contributed by atoms with Crippen LogP contribution in [0.25, 0.3) is 22.3 Å². The van der Waals surface area contributed by atoms with E-state index >= 15 is 0 Å². The monoisotopic (exact) mass is 682 g/mol. The first-order valence-electron chi connectivity index (χ1n) is 16.3. The number of hydrogen-bond acceptors (Lipinski definition) is 12. The Bertz CT molecular complexity index is 2070. The summed E-state index contributed by atoms with van der Waals surface area (Å²) in [6, 6.07) is 11.0. The van der Waals surface area contributed by atoms with E-state index in [0.29, 0.717) is 45.3 Å². The summed E-state index contributed by atoms with van der Waals surface area (Å²) in [5.41, 5.74) is 4.81. The minimum Gasteiger partial charge on any atom is -0.507 e. The lowest BCUT2D eigenvalue weighted by atomic mass is 9.47. The zero-order valence-corrected chi connectivity index (χ0v) is 27.6. The predicted octanol–water partition coefficient (Wildman–Crippen LogP) is 2.47. The molecule has 5 aliphatic rings. The summed E-state index contributed by atoms with van der Waals surface area (Å²) in [6.45, 7) is 3.52. The maximum atomic E-state index is 14.9. The average molecular weight is 683 g/mol. The number of benzene rings is 3. The molecule has 2 saturated carbocycles. The molecule has 13 heteroatoms. The Balaban J connectivity index is 1.38. The number of carbonyl (C=O) groups is 5. The van der Waals surface area contributed by atoms with E-state index in [4.69, 9.17) is 24.7 Å². The lowest BCUT2D eigenvalue weighted by Gasteiger charge is -2.57. The highest BCUT2D eigenvalue weighted by Gasteiger charge is 2.72. The Hall–Kier alpha value is -5.27. The van der Waals surface area contributed by atoms with E-state index < -0.39 is 81.9 Å². The van der Waals surface area contributed by atoms with Crippen molar-refractivity contribution in [1.82, 2.24) is 4.90 Å². The summed E-state index contributed by atoms with van der Waals surface area (Å²) in [6.07, 6.45) is 0. The first-order chi connectivity index (χ1) is 23.8. The maximum absolute atomic E-state index is 14.9. The number of carbonyl (C=O) groups excluding carboxylic acids is 5. The largest absolute Gasteiger partial charge is 0.507 e. The summed E-state index contributed by atoms with van der Waals surface area (Å²) < 4.78 is 22.5. The van der Waals surface area contributed by atoms with Gasteiger partial charge in [0.05, 0.1) is 17.5 Å². The predicted molar refractivity (Wildman–Crippen MR) is 174 cm³/mol. The lowest BCUT2D eigenvalue weighted by Crippen LogP contribution is -2.76. The molecule has 3 aliphatic carbocycles. The Morgan fingerprint density at radius 1 is 0.880 bits per heavy atom. The molecule has 2 aliphatic heterocycles. The molecule has 3 aromatic carbocycles. The molecule has 2 unspecified atom stereocenters. The molecule has 0 radical (unpaired) electrons. The van der Waals surface area contributed by atoms with Gasteiger partial charge in [0.25, 0.3) is 0 Å². The number of para-hydroxylation sites is 1. The van der Waals surface area contributed by atoms with Crippen LogP contribution in [0.15, 0.2) is 42.5 Å². The fraction of sp³-hybridized carbons (Fsp3) is 0.378. The van der Waals surface area contributed by atoms with Gasteiger partial charge < -0.3 is 34.9 Å². The molecule has 8 rings (SSSR count). The van der Waals surface area contributed by atoms with Crippen molar-refractivity contribution in [3.63, 3.8) is 0 Å². The van der Waals surface area contributed by atoms with E-state index in [1.165, 1.54) is 4.90 Å². The first-order valence-corrected chi connectivity index (χ1v) is 16.3. The van der Waals surface area contributed by atoms with Gasteiger partial charge in [0.15, 0.2) is 57.6 Å². The zero-order chi connectivity index (χ0) is 35.5. The zero-order valence-electron chi connectivity index (χ0n) is 27.6. The fourth-order valence-electron chi connectivity index (χ4n) is 9.29. The van der Waals surface area contributed by atoms with E-state index in [2.05, 4.69) is 0 Å². The van der Waals surface area contributed by atoms with Gasteiger partial charge in [-0.25, -0.2) is 0 Å². The number of phenols is 1. The van der Waals surface area contributed by atoms with Crippen molar-refractivity contribution in [2.75, 3.05) is 27.7 Å². The minimum atomic E-state index is -2.87. The van der Waals surface area contributed by atoms with Crippen molar-refractivity contribution in [2.45, 2.75) is 31.4 Å². The Kier molecular flexibility index (Phi) is 6.95. The van der Waals surface area contributed by atoms with Crippen LogP contribution in [0.5, 0.6) is 28.7 Å². The molecule has 1 amide bonds. The molecule has 2 heterocycles. The lowest BCUT2D eigenvalue weighted by molar-refractivity contribution is -0.188. The van der Waals surface area contributed by atoms with E-state index in [9.17, 15) is 34.2 Å². The van der Waals surface area contributed by atoms with Gasteiger partial charge in [-0.2, -0.15) is 0 Å². The Morgan fingerprint density at radius 3 is 2.30 bits per heavy atom. The standard InChI is InChI=1S/C37H34N2O11/c1-14-23-15(2)28-29(39(3)4)32(42)27(36(38)45)35(44)37(28,46)34(43)26(23)31(41)25-24(14)18(16-8-9-20-22(10-16)49-12-47-20)11-19(30(25)40)17-6-5-7-21-33(17)50-13-48-21/h5-11,14-15,23,26-29,40,46H,12-13H2,1-4H3,(H2,38,45)/t14-,15+,23+,26?,27?,28+,29+,37+/m1/s1. The van der Waals surface area contributed by atoms with Crippen LogP contribution in [0.1, 0.15) is 35.7 Å². The van der Waals surface area contributed by atoms with Crippen LogP contribution >= 0.6 is 0 Å². The van der Waals surface area contributed by atoms with Crippen LogP contribution in [0, 0.1) is 29.6 Å². The summed E-state index contributed by atoms with van der Waals surface area (Å²) >= 11 is 0. The van der Waals surface area contributed by atoms with Gasteiger partial charge in [-0.05, 0) is 72.8 Å². The number of aromatic hydroxyl groups is 1. The number of likely N-dealkylation sites (N-methyl/N-ethyl adjacent to an activating group) is 1. The number of ketones is 4. The second-order valence-electron chi connectivity index (χ2n) is 14.0. The second-order valence-corrected chi connectivity index (χ2v) is 14.0.